The summed E-state index contributed by atoms with van der Waals surface area (Å²) in [5.74, 6) is 0.661. The normalized spacial score (nSPS) is 13.1. The lowest BCUT2D eigenvalue weighted by molar-refractivity contribution is 0.619. The van der Waals surface area contributed by atoms with Crippen LogP contribution in [0.5, 0.6) is 0 Å². The molecular formula is C40H30N2O. The van der Waals surface area contributed by atoms with Crippen LogP contribution < -0.4 is 4.90 Å². The maximum absolute atomic E-state index is 6.27. The molecule has 0 saturated heterocycles. The summed E-state index contributed by atoms with van der Waals surface area (Å²) in [6.45, 7) is 4.64. The minimum Gasteiger partial charge on any atom is -0.436 e. The molecule has 43 heavy (non-hydrogen) atoms. The van der Waals surface area contributed by atoms with Crippen LogP contribution in [0.2, 0.25) is 0 Å². The average Bonchev–Trinajstić information content (AvgIpc) is 3.59. The first-order chi connectivity index (χ1) is 21.1. The van der Waals surface area contributed by atoms with Crippen LogP contribution in [-0.2, 0) is 5.41 Å². The number of anilines is 3. The first-order valence-electron chi connectivity index (χ1n) is 14.7. The summed E-state index contributed by atoms with van der Waals surface area (Å²) in [6.07, 6.45) is 0. The van der Waals surface area contributed by atoms with Crippen molar-refractivity contribution in [3.05, 3.63) is 157 Å². The Hall–Kier alpha value is -5.41. The van der Waals surface area contributed by atoms with Gasteiger partial charge in [0.05, 0.1) is 0 Å². The summed E-state index contributed by atoms with van der Waals surface area (Å²) >= 11 is 0. The average molecular weight is 555 g/mol. The SMILES string of the molecule is CC1(C)c2cc(N(c3ccccc3)c3cccc(-c4ccccc4)c3)ccc2-c2c(-c3nc4ccccc4o3)cccc21. The fourth-order valence-electron chi connectivity index (χ4n) is 6.56. The maximum atomic E-state index is 6.27. The molecule has 0 saturated carbocycles. The number of fused-ring (bicyclic) bond motifs is 4. The summed E-state index contributed by atoms with van der Waals surface area (Å²) < 4.78 is 6.27. The number of hydrogen-bond acceptors (Lipinski definition) is 3. The van der Waals surface area contributed by atoms with Crippen LogP contribution in [0.25, 0.3) is 44.8 Å². The summed E-state index contributed by atoms with van der Waals surface area (Å²) in [5.41, 5.74) is 13.3. The van der Waals surface area contributed by atoms with Gasteiger partial charge in [-0.25, -0.2) is 4.98 Å². The van der Waals surface area contributed by atoms with Gasteiger partial charge in [-0.1, -0.05) is 105 Å². The molecule has 0 aliphatic heterocycles. The molecule has 206 valence electrons. The van der Waals surface area contributed by atoms with E-state index in [4.69, 9.17) is 9.40 Å². The van der Waals surface area contributed by atoms with Crippen molar-refractivity contribution in [3.8, 4) is 33.7 Å². The first kappa shape index (κ1) is 25.3. The number of nitrogens with zero attached hydrogens (tertiary/aromatic N) is 2. The Labute approximate surface area is 251 Å². The van der Waals surface area contributed by atoms with Gasteiger partial charge in [-0.2, -0.15) is 0 Å². The van der Waals surface area contributed by atoms with Crippen molar-refractivity contribution in [2.45, 2.75) is 19.3 Å². The van der Waals surface area contributed by atoms with Crippen molar-refractivity contribution in [3.63, 3.8) is 0 Å². The van der Waals surface area contributed by atoms with Gasteiger partial charge in [0.25, 0.3) is 0 Å². The van der Waals surface area contributed by atoms with E-state index in [1.165, 1.54) is 33.4 Å². The zero-order valence-electron chi connectivity index (χ0n) is 24.2. The first-order valence-corrected chi connectivity index (χ1v) is 14.7. The van der Waals surface area contributed by atoms with E-state index in [9.17, 15) is 0 Å². The topological polar surface area (TPSA) is 29.3 Å². The van der Waals surface area contributed by atoms with Crippen molar-refractivity contribution in [2.24, 2.45) is 0 Å². The second kappa shape index (κ2) is 9.85. The van der Waals surface area contributed by atoms with Crippen LogP contribution in [0.4, 0.5) is 17.1 Å². The van der Waals surface area contributed by atoms with Crippen LogP contribution in [0.15, 0.2) is 150 Å². The van der Waals surface area contributed by atoms with E-state index in [0.717, 1.165) is 33.7 Å². The third-order valence-corrected chi connectivity index (χ3v) is 8.69. The highest BCUT2D eigenvalue weighted by Crippen LogP contribution is 2.53. The zero-order chi connectivity index (χ0) is 29.0. The number of oxazole rings is 1. The Balaban J connectivity index is 1.29. The molecule has 0 unspecified atom stereocenters. The Morgan fingerprint density at radius 1 is 0.535 bits per heavy atom. The molecule has 6 aromatic carbocycles. The molecule has 0 N–H and O–H groups in total. The molecule has 1 aromatic heterocycles. The van der Waals surface area contributed by atoms with Crippen molar-refractivity contribution in [1.82, 2.24) is 4.98 Å². The van der Waals surface area contributed by atoms with Gasteiger partial charge in [0.15, 0.2) is 5.58 Å². The van der Waals surface area contributed by atoms with E-state index in [1.54, 1.807) is 0 Å². The van der Waals surface area contributed by atoms with E-state index < -0.39 is 0 Å². The molecule has 0 atom stereocenters. The largest absolute Gasteiger partial charge is 0.436 e. The molecule has 0 spiro atoms. The van der Waals surface area contributed by atoms with Crippen LogP contribution in [0, 0.1) is 0 Å². The molecule has 0 bridgehead atoms. The van der Waals surface area contributed by atoms with Crippen LogP contribution in [0.3, 0.4) is 0 Å². The molecule has 0 radical (unpaired) electrons. The van der Waals surface area contributed by atoms with Gasteiger partial charge < -0.3 is 9.32 Å². The van der Waals surface area contributed by atoms with E-state index in [-0.39, 0.29) is 5.41 Å². The molecule has 7 aromatic rings. The van der Waals surface area contributed by atoms with E-state index in [1.807, 2.05) is 24.3 Å². The Kier molecular flexibility index (Phi) is 5.80. The predicted octanol–water partition coefficient (Wildman–Crippen LogP) is 10.9. The molecule has 1 aliphatic carbocycles. The molecule has 0 fully saturated rings. The van der Waals surface area contributed by atoms with Crippen molar-refractivity contribution in [1.29, 1.82) is 0 Å². The Morgan fingerprint density at radius 3 is 2.02 bits per heavy atom. The molecule has 3 heteroatoms. The molecule has 3 nitrogen and oxygen atoms in total. The number of rotatable bonds is 5. The van der Waals surface area contributed by atoms with E-state index >= 15 is 0 Å². The molecule has 1 heterocycles. The third kappa shape index (κ3) is 4.16. The zero-order valence-corrected chi connectivity index (χ0v) is 24.2. The van der Waals surface area contributed by atoms with Crippen LogP contribution in [0.1, 0.15) is 25.0 Å². The lowest BCUT2D eigenvalue weighted by atomic mass is 9.82. The minimum atomic E-state index is -0.197. The Morgan fingerprint density at radius 2 is 1.21 bits per heavy atom. The standard InChI is InChI=1S/C40H30N2O/c1-40(2)34-20-12-19-33(39-41-36-21-9-10-22-37(36)43-39)38(34)32-24-23-31(26-35(32)40)42(29-16-7-4-8-17-29)30-18-11-15-28(25-30)27-13-5-3-6-14-27/h3-26H,1-2H3. The summed E-state index contributed by atoms with van der Waals surface area (Å²) in [7, 11) is 0. The van der Waals surface area contributed by atoms with Crippen LogP contribution in [-0.4, -0.2) is 4.98 Å². The van der Waals surface area contributed by atoms with Gasteiger partial charge in [-0.05, 0) is 88.0 Å². The van der Waals surface area contributed by atoms with Gasteiger partial charge >= 0.3 is 0 Å². The van der Waals surface area contributed by atoms with Gasteiger partial charge in [-0.15, -0.1) is 0 Å². The number of para-hydroxylation sites is 3. The fraction of sp³-hybridized carbons (Fsp3) is 0.0750. The fourth-order valence-corrected chi connectivity index (χ4v) is 6.56. The maximum Gasteiger partial charge on any atom is 0.227 e. The lowest BCUT2D eigenvalue weighted by Crippen LogP contribution is -2.16. The Bertz CT molecular complexity index is 2080. The second-order valence-electron chi connectivity index (χ2n) is 11.7. The predicted molar refractivity (Wildman–Crippen MR) is 177 cm³/mol. The van der Waals surface area contributed by atoms with Crippen molar-refractivity contribution >= 4 is 28.2 Å². The number of hydrogen-bond donors (Lipinski definition) is 0. The smallest absolute Gasteiger partial charge is 0.227 e. The highest BCUT2D eigenvalue weighted by atomic mass is 16.3. The highest BCUT2D eigenvalue weighted by molar-refractivity contribution is 5.93. The lowest BCUT2D eigenvalue weighted by Gasteiger charge is -2.28. The summed E-state index contributed by atoms with van der Waals surface area (Å²) in [4.78, 5) is 7.22. The quantitative estimate of drug-likeness (QED) is 0.212. The van der Waals surface area contributed by atoms with Crippen LogP contribution >= 0.6 is 0 Å². The second-order valence-corrected chi connectivity index (χ2v) is 11.7. The molecule has 8 rings (SSSR count). The van der Waals surface area contributed by atoms with E-state index in [2.05, 4.69) is 140 Å². The number of aromatic nitrogens is 1. The monoisotopic (exact) mass is 554 g/mol. The van der Waals surface area contributed by atoms with Gasteiger partial charge in [0.2, 0.25) is 5.89 Å². The molecule has 1 aliphatic rings. The van der Waals surface area contributed by atoms with Crippen molar-refractivity contribution in [2.75, 3.05) is 4.90 Å². The minimum absolute atomic E-state index is 0.197. The summed E-state index contributed by atoms with van der Waals surface area (Å²) in [6, 6.07) is 51.3. The van der Waals surface area contributed by atoms with E-state index in [0.29, 0.717) is 5.89 Å². The third-order valence-electron chi connectivity index (χ3n) is 8.69. The molecule has 0 amide bonds. The van der Waals surface area contributed by atoms with Gasteiger partial charge in [-0.3, -0.25) is 0 Å². The van der Waals surface area contributed by atoms with Gasteiger partial charge in [0, 0.05) is 28.0 Å². The molecular weight excluding hydrogens is 524 g/mol. The van der Waals surface area contributed by atoms with Gasteiger partial charge in [0.1, 0.15) is 5.52 Å². The summed E-state index contributed by atoms with van der Waals surface area (Å²) in [5, 5.41) is 0. The number of benzene rings is 6. The van der Waals surface area contributed by atoms with Crippen molar-refractivity contribution < 1.29 is 4.42 Å². The highest BCUT2D eigenvalue weighted by Gasteiger charge is 2.38.